The van der Waals surface area contributed by atoms with Gasteiger partial charge in [-0.2, -0.15) is 5.10 Å². The second-order valence-corrected chi connectivity index (χ2v) is 8.72. The van der Waals surface area contributed by atoms with Gasteiger partial charge in [-0.05, 0) is 56.0 Å². The van der Waals surface area contributed by atoms with Gasteiger partial charge in [0.15, 0.2) is 5.82 Å². The Bertz CT molecular complexity index is 1080. The highest BCUT2D eigenvalue weighted by molar-refractivity contribution is 7.97. The van der Waals surface area contributed by atoms with E-state index in [2.05, 4.69) is 36.3 Å². The minimum atomic E-state index is 0.136. The Morgan fingerprint density at radius 3 is 2.80 bits per heavy atom. The largest absolute Gasteiger partial charge is 0.326 e. The number of benzene rings is 1. The minimum Gasteiger partial charge on any atom is -0.326 e. The molecular formula is C21H23N7OS. The summed E-state index contributed by atoms with van der Waals surface area (Å²) in [5.74, 6) is 2.92. The van der Waals surface area contributed by atoms with Crippen molar-refractivity contribution in [1.29, 1.82) is 0 Å². The van der Waals surface area contributed by atoms with Gasteiger partial charge < -0.3 is 14.9 Å². The van der Waals surface area contributed by atoms with Crippen LogP contribution >= 0.6 is 11.9 Å². The van der Waals surface area contributed by atoms with Crippen LogP contribution in [0.15, 0.2) is 53.8 Å². The van der Waals surface area contributed by atoms with E-state index in [1.54, 1.807) is 18.1 Å². The Morgan fingerprint density at radius 2 is 2.10 bits per heavy atom. The lowest BCUT2D eigenvalue weighted by atomic mass is 9.85. The Morgan fingerprint density at radius 1 is 1.27 bits per heavy atom. The summed E-state index contributed by atoms with van der Waals surface area (Å²) in [4.78, 5) is 17.7. The van der Waals surface area contributed by atoms with Crippen LogP contribution in [0.5, 0.6) is 0 Å². The van der Waals surface area contributed by atoms with Gasteiger partial charge in [0, 0.05) is 40.7 Å². The number of carbonyl (C=O) groups is 1. The maximum atomic E-state index is 12.1. The van der Waals surface area contributed by atoms with Crippen molar-refractivity contribution in [2.75, 3.05) is 10.6 Å². The van der Waals surface area contributed by atoms with E-state index in [0.717, 1.165) is 53.0 Å². The molecule has 0 spiro atoms. The number of anilines is 2. The third kappa shape index (κ3) is 3.93. The summed E-state index contributed by atoms with van der Waals surface area (Å²) in [6.07, 6.45) is 8.96. The number of hydrogen-bond donors (Lipinski definition) is 3. The topological polar surface area (TPSA) is 90.9 Å². The molecule has 3 aromatic rings. The first-order valence-electron chi connectivity index (χ1n) is 10.0. The second kappa shape index (κ2) is 7.91. The second-order valence-electron chi connectivity index (χ2n) is 7.60. The van der Waals surface area contributed by atoms with Crippen LogP contribution in [0.2, 0.25) is 0 Å². The third-order valence-electron chi connectivity index (χ3n) is 5.32. The zero-order valence-corrected chi connectivity index (χ0v) is 17.4. The Balaban J connectivity index is 1.28. The smallest absolute Gasteiger partial charge is 0.227 e. The summed E-state index contributed by atoms with van der Waals surface area (Å²) >= 11 is 1.62. The zero-order valence-electron chi connectivity index (χ0n) is 16.6. The zero-order chi connectivity index (χ0) is 20.5. The van der Waals surface area contributed by atoms with Gasteiger partial charge in [-0.1, -0.05) is 6.42 Å². The van der Waals surface area contributed by atoms with Crippen LogP contribution < -0.4 is 10.6 Å². The number of imidazole rings is 1. The molecular weight excluding hydrogens is 398 g/mol. The molecule has 1 amide bonds. The number of amides is 1. The van der Waals surface area contributed by atoms with Crippen molar-refractivity contribution in [1.82, 2.24) is 24.1 Å². The minimum absolute atomic E-state index is 0.136. The molecule has 2 aromatic heterocycles. The molecule has 9 heteroatoms. The van der Waals surface area contributed by atoms with Crippen molar-refractivity contribution >= 4 is 35.2 Å². The summed E-state index contributed by atoms with van der Waals surface area (Å²) < 4.78 is 4.16. The average molecular weight is 422 g/mol. The number of nitrogens with one attached hydrogen (secondary N) is 3. The molecule has 3 heterocycles. The summed E-state index contributed by atoms with van der Waals surface area (Å²) in [6.45, 7) is 2.65. The quantitative estimate of drug-likeness (QED) is 0.520. The number of nitrogens with zero attached hydrogens (tertiary/aromatic N) is 4. The first-order chi connectivity index (χ1) is 14.6. The highest BCUT2D eigenvalue weighted by Crippen LogP contribution is 2.31. The fraction of sp³-hybridized carbons (Fsp3) is 0.286. The van der Waals surface area contributed by atoms with Crippen molar-refractivity contribution in [3.8, 4) is 0 Å². The first-order valence-corrected chi connectivity index (χ1v) is 10.8. The SMILES string of the molecule is Cc1cc(NC2=CN(Sc3ccc(NC(=O)C4CCC4)cc3)Cc3nccn32)n[nH]1. The summed E-state index contributed by atoms with van der Waals surface area (Å²) in [5, 5.41) is 13.6. The van der Waals surface area contributed by atoms with Crippen molar-refractivity contribution < 1.29 is 4.79 Å². The van der Waals surface area contributed by atoms with E-state index in [1.807, 2.05) is 48.0 Å². The molecule has 0 radical (unpaired) electrons. The van der Waals surface area contributed by atoms with E-state index in [4.69, 9.17) is 0 Å². The predicted octanol–water partition coefficient (Wildman–Crippen LogP) is 4.04. The lowest BCUT2D eigenvalue weighted by molar-refractivity contribution is -0.122. The molecule has 1 aromatic carbocycles. The molecule has 1 fully saturated rings. The lowest BCUT2D eigenvalue weighted by Crippen LogP contribution is -2.27. The van der Waals surface area contributed by atoms with Gasteiger partial charge in [0.1, 0.15) is 11.6 Å². The highest BCUT2D eigenvalue weighted by atomic mass is 32.2. The van der Waals surface area contributed by atoms with Crippen LogP contribution in [0.3, 0.4) is 0 Å². The van der Waals surface area contributed by atoms with Crippen molar-refractivity contribution in [3.05, 3.63) is 60.4 Å². The Labute approximate surface area is 178 Å². The molecule has 0 atom stereocenters. The van der Waals surface area contributed by atoms with Crippen LogP contribution in [0.1, 0.15) is 30.8 Å². The normalized spacial score (nSPS) is 15.9. The number of aromatic nitrogens is 4. The number of fused-ring (bicyclic) bond motifs is 1. The molecule has 30 heavy (non-hydrogen) atoms. The van der Waals surface area contributed by atoms with Crippen LogP contribution in [0.25, 0.3) is 5.82 Å². The molecule has 2 aliphatic rings. The molecule has 5 rings (SSSR count). The first kappa shape index (κ1) is 18.8. The third-order valence-corrected chi connectivity index (χ3v) is 6.27. The predicted molar refractivity (Wildman–Crippen MR) is 117 cm³/mol. The summed E-state index contributed by atoms with van der Waals surface area (Å²) in [6, 6.07) is 9.93. The van der Waals surface area contributed by atoms with Gasteiger partial charge >= 0.3 is 0 Å². The number of aromatic amines is 1. The number of rotatable bonds is 6. The number of H-pyrrole nitrogens is 1. The standard InChI is InChI=1S/C21H23N7OS/c1-14-11-18(26-25-14)24-20-13-27(12-19-22-9-10-28(19)20)30-17-7-5-16(6-8-17)23-21(29)15-3-2-4-15/h5-11,13,15H,2-4,12H2,1H3,(H,23,29)(H2,24,25,26). The van der Waals surface area contributed by atoms with E-state index in [9.17, 15) is 4.79 Å². The van der Waals surface area contributed by atoms with E-state index in [-0.39, 0.29) is 11.8 Å². The van der Waals surface area contributed by atoms with Crippen LogP contribution in [-0.4, -0.2) is 30.0 Å². The Hall–Kier alpha value is -3.20. The average Bonchev–Trinajstić information content (AvgIpc) is 3.31. The van der Waals surface area contributed by atoms with Crippen LogP contribution in [0, 0.1) is 12.8 Å². The maximum Gasteiger partial charge on any atom is 0.227 e. The fourth-order valence-corrected chi connectivity index (χ4v) is 4.33. The summed E-state index contributed by atoms with van der Waals surface area (Å²) in [7, 11) is 0. The van der Waals surface area contributed by atoms with E-state index >= 15 is 0 Å². The van der Waals surface area contributed by atoms with Crippen molar-refractivity contribution in [2.24, 2.45) is 5.92 Å². The molecule has 0 saturated heterocycles. The Kier molecular flexibility index (Phi) is 4.96. The van der Waals surface area contributed by atoms with E-state index in [1.165, 1.54) is 0 Å². The van der Waals surface area contributed by atoms with Crippen LogP contribution in [-0.2, 0) is 11.3 Å². The maximum absolute atomic E-state index is 12.1. The number of aryl methyl sites for hydroxylation is 1. The van der Waals surface area contributed by atoms with Gasteiger partial charge in [0.2, 0.25) is 5.91 Å². The van der Waals surface area contributed by atoms with E-state index in [0.29, 0.717) is 6.54 Å². The molecule has 154 valence electrons. The molecule has 1 aliphatic heterocycles. The van der Waals surface area contributed by atoms with Gasteiger partial charge in [-0.3, -0.25) is 14.5 Å². The lowest BCUT2D eigenvalue weighted by Gasteiger charge is -2.27. The van der Waals surface area contributed by atoms with Gasteiger partial charge in [0.05, 0.1) is 12.7 Å². The highest BCUT2D eigenvalue weighted by Gasteiger charge is 2.25. The number of hydrogen-bond acceptors (Lipinski definition) is 6. The monoisotopic (exact) mass is 421 g/mol. The molecule has 3 N–H and O–H groups in total. The number of carbonyl (C=O) groups excluding carboxylic acids is 1. The molecule has 0 unspecified atom stereocenters. The van der Waals surface area contributed by atoms with Crippen molar-refractivity contribution in [2.45, 2.75) is 37.6 Å². The van der Waals surface area contributed by atoms with Crippen molar-refractivity contribution in [3.63, 3.8) is 0 Å². The van der Waals surface area contributed by atoms with Gasteiger partial charge in [-0.25, -0.2) is 4.98 Å². The van der Waals surface area contributed by atoms with Gasteiger partial charge in [0.25, 0.3) is 0 Å². The summed E-state index contributed by atoms with van der Waals surface area (Å²) in [5.41, 5.74) is 1.84. The van der Waals surface area contributed by atoms with Gasteiger partial charge in [-0.15, -0.1) is 0 Å². The molecule has 1 saturated carbocycles. The molecule has 1 aliphatic carbocycles. The van der Waals surface area contributed by atoms with E-state index < -0.39 is 0 Å². The molecule has 8 nitrogen and oxygen atoms in total. The molecule has 0 bridgehead atoms. The fourth-order valence-electron chi connectivity index (χ4n) is 3.47. The van der Waals surface area contributed by atoms with Crippen LogP contribution in [0.4, 0.5) is 11.5 Å².